The molecule has 2 aromatic carbocycles. The number of benzene rings is 2. The van der Waals surface area contributed by atoms with Crippen LogP contribution < -0.4 is 10.6 Å². The molecule has 282 valence electrons. The molecule has 53 heavy (non-hydrogen) atoms. The van der Waals surface area contributed by atoms with Crippen LogP contribution in [0.4, 0.5) is 24.8 Å². The summed E-state index contributed by atoms with van der Waals surface area (Å²) < 4.78 is 38.7. The smallest absolute Gasteiger partial charge is 0.416 e. The summed E-state index contributed by atoms with van der Waals surface area (Å²) in [6.45, 7) is 5.49. The zero-order valence-electron chi connectivity index (χ0n) is 31.0. The Hall–Kier alpha value is -4.49. The number of hydrogen-bond donors (Lipinski definition) is 4. The van der Waals surface area contributed by atoms with Gasteiger partial charge in [-0.05, 0) is 145 Å². The minimum Gasteiger partial charge on any atom is -0.507 e. The van der Waals surface area contributed by atoms with Crippen molar-refractivity contribution in [3.63, 3.8) is 0 Å². The van der Waals surface area contributed by atoms with Gasteiger partial charge in [-0.2, -0.15) is 13.2 Å². The molecule has 4 aliphatic heterocycles. The van der Waals surface area contributed by atoms with Crippen molar-refractivity contribution in [2.45, 2.75) is 115 Å². The highest BCUT2D eigenvalue weighted by Gasteiger charge is 2.41. The van der Waals surface area contributed by atoms with Crippen molar-refractivity contribution in [2.24, 2.45) is 0 Å². The van der Waals surface area contributed by atoms with Crippen molar-refractivity contribution in [1.82, 2.24) is 30.2 Å². The molecule has 0 aliphatic carbocycles. The molecule has 4 bridgehead atoms. The molecule has 4 fully saturated rings. The van der Waals surface area contributed by atoms with Crippen molar-refractivity contribution in [1.29, 1.82) is 0 Å². The molecule has 6 heterocycles. The van der Waals surface area contributed by atoms with E-state index < -0.39 is 17.5 Å². The van der Waals surface area contributed by atoms with Crippen LogP contribution in [0.15, 0.2) is 48.5 Å². The molecular weight excluding hydrogens is 681 g/mol. The highest BCUT2D eigenvalue weighted by atomic mass is 19.4. The fourth-order valence-electron chi connectivity index (χ4n) is 9.22. The average molecular weight is 731 g/mol. The Morgan fingerprint density at radius 1 is 0.604 bits per heavy atom. The second-order valence-electron chi connectivity index (χ2n) is 15.4. The molecule has 13 heteroatoms. The summed E-state index contributed by atoms with van der Waals surface area (Å²) in [5.41, 5.74) is 3.56. The van der Waals surface area contributed by atoms with E-state index >= 15 is 0 Å². The van der Waals surface area contributed by atoms with E-state index in [1.807, 2.05) is 26.0 Å². The maximum Gasteiger partial charge on any atom is 0.416 e. The van der Waals surface area contributed by atoms with E-state index in [-0.39, 0.29) is 11.3 Å². The molecule has 10 nitrogen and oxygen atoms in total. The number of hydrogen-bond acceptors (Lipinski definition) is 10. The summed E-state index contributed by atoms with van der Waals surface area (Å²) in [7, 11) is 4.41. The summed E-state index contributed by atoms with van der Waals surface area (Å²) in [5, 5.41) is 44.5. The number of fused-ring (bicyclic) bond motifs is 4. The van der Waals surface area contributed by atoms with Gasteiger partial charge in [-0.3, -0.25) is 9.80 Å². The van der Waals surface area contributed by atoms with Crippen molar-refractivity contribution >= 4 is 11.6 Å². The van der Waals surface area contributed by atoms with E-state index in [0.717, 1.165) is 53.5 Å². The molecule has 8 rings (SSSR count). The van der Waals surface area contributed by atoms with Crippen molar-refractivity contribution in [3.8, 4) is 34.0 Å². The predicted molar refractivity (Wildman–Crippen MR) is 200 cm³/mol. The van der Waals surface area contributed by atoms with Gasteiger partial charge in [0.15, 0.2) is 0 Å². The second kappa shape index (κ2) is 14.7. The van der Waals surface area contributed by atoms with Crippen molar-refractivity contribution in [3.05, 3.63) is 70.8 Å². The van der Waals surface area contributed by atoms with E-state index in [9.17, 15) is 23.4 Å². The van der Waals surface area contributed by atoms with Gasteiger partial charge < -0.3 is 20.8 Å². The molecule has 4 aliphatic rings. The summed E-state index contributed by atoms with van der Waals surface area (Å²) in [6.07, 6.45) is 5.17. The number of aryl methyl sites for hydroxylation is 3. The Morgan fingerprint density at radius 3 is 1.47 bits per heavy atom. The van der Waals surface area contributed by atoms with Crippen LogP contribution in [0, 0.1) is 20.8 Å². The average Bonchev–Trinajstić information content (AvgIpc) is 3.47. The van der Waals surface area contributed by atoms with Crippen LogP contribution in [0.5, 0.6) is 11.5 Å². The highest BCUT2D eigenvalue weighted by Crippen LogP contribution is 2.40. The maximum absolute atomic E-state index is 12.9. The first-order valence-electron chi connectivity index (χ1n) is 18.6. The number of piperidine rings is 2. The lowest BCUT2D eigenvalue weighted by molar-refractivity contribution is -0.137. The van der Waals surface area contributed by atoms with Gasteiger partial charge in [-0.1, -0.05) is 6.07 Å². The molecule has 6 unspecified atom stereocenters. The Kier molecular flexibility index (Phi) is 10.2. The van der Waals surface area contributed by atoms with Gasteiger partial charge in [0, 0.05) is 47.4 Å². The Morgan fingerprint density at radius 2 is 1.06 bits per heavy atom. The number of halogens is 3. The highest BCUT2D eigenvalue weighted by molar-refractivity contribution is 5.72. The lowest BCUT2D eigenvalue weighted by atomic mass is 9.98. The number of phenolic OH excluding ortho intramolecular Hbond substituents is 2. The Bertz CT molecular complexity index is 1880. The van der Waals surface area contributed by atoms with E-state index in [2.05, 4.69) is 61.0 Å². The van der Waals surface area contributed by atoms with Gasteiger partial charge in [0.25, 0.3) is 0 Å². The first-order chi connectivity index (χ1) is 25.3. The summed E-state index contributed by atoms with van der Waals surface area (Å²) in [4.78, 5) is 4.96. The van der Waals surface area contributed by atoms with E-state index in [0.29, 0.717) is 53.0 Å². The van der Waals surface area contributed by atoms with Crippen LogP contribution in [-0.4, -0.2) is 90.8 Å². The van der Waals surface area contributed by atoms with Crippen molar-refractivity contribution in [2.75, 3.05) is 24.7 Å². The Balaban J connectivity index is 0.000000165. The molecule has 0 amide bonds. The summed E-state index contributed by atoms with van der Waals surface area (Å²) >= 11 is 0. The number of rotatable bonds is 6. The second-order valence-corrected chi connectivity index (χ2v) is 15.4. The van der Waals surface area contributed by atoms with E-state index in [4.69, 9.17) is 0 Å². The number of aromatic hydroxyl groups is 2. The minimum atomic E-state index is -4.51. The van der Waals surface area contributed by atoms with Gasteiger partial charge in [0.2, 0.25) is 0 Å². The fraction of sp³-hybridized carbons (Fsp3) is 0.500. The molecule has 6 atom stereocenters. The van der Waals surface area contributed by atoms with Crippen molar-refractivity contribution < 1.29 is 23.4 Å². The van der Waals surface area contributed by atoms with Gasteiger partial charge in [-0.15, -0.1) is 20.4 Å². The van der Waals surface area contributed by atoms with Crippen LogP contribution in [0.25, 0.3) is 22.5 Å². The summed E-state index contributed by atoms with van der Waals surface area (Å²) in [6, 6.07) is 16.2. The molecule has 0 spiro atoms. The maximum atomic E-state index is 12.9. The number of aromatic nitrogens is 4. The molecule has 2 aromatic heterocycles. The van der Waals surface area contributed by atoms with Gasteiger partial charge in [0.1, 0.15) is 23.1 Å². The van der Waals surface area contributed by atoms with Crippen LogP contribution >= 0.6 is 0 Å². The third kappa shape index (κ3) is 7.64. The van der Waals surface area contributed by atoms with E-state index in [1.165, 1.54) is 45.4 Å². The number of anilines is 2. The first kappa shape index (κ1) is 36.9. The molecule has 4 saturated heterocycles. The van der Waals surface area contributed by atoms with Gasteiger partial charge >= 0.3 is 6.18 Å². The summed E-state index contributed by atoms with van der Waals surface area (Å²) in [5.74, 6) is 1.26. The zero-order chi connectivity index (χ0) is 37.6. The molecule has 0 saturated carbocycles. The standard InChI is InChI=1S/C20H23F3N4O.C20H26N4O/c1-11-9-12(20(21,22)23)10-17(28)19(11)15-6-8-18(26-25-15)24-14-5-3-13-4-7-16(14)27(13)2;1-12-10-13(2)20(18(25)11-12)16-7-9-19(23-22-16)21-15-6-4-14-5-8-17(15)24(14)3/h6,8-10,13-14,16,28H,3-5,7H2,1-2H3,(H,24,26);7,9-11,14-15,17,25H,4-6,8H2,1-3H3,(H,21,23). The largest absolute Gasteiger partial charge is 0.507 e. The third-order valence-electron chi connectivity index (χ3n) is 11.9. The third-order valence-corrected chi connectivity index (χ3v) is 11.9. The van der Waals surface area contributed by atoms with E-state index in [1.54, 1.807) is 18.2 Å². The predicted octanol–water partition coefficient (Wildman–Crippen LogP) is 7.72. The lowest BCUT2D eigenvalue weighted by Gasteiger charge is -2.38. The normalized spacial score (nSPS) is 25.5. The fourth-order valence-corrected chi connectivity index (χ4v) is 9.22. The Labute approximate surface area is 308 Å². The van der Waals surface area contributed by atoms with Gasteiger partial charge in [0.05, 0.1) is 17.0 Å². The van der Waals surface area contributed by atoms with Crippen LogP contribution in [0.2, 0.25) is 0 Å². The number of likely N-dealkylation sites (N-methyl/N-ethyl adjacent to an activating group) is 2. The van der Waals surface area contributed by atoms with Crippen LogP contribution in [0.3, 0.4) is 0 Å². The molecule has 0 radical (unpaired) electrons. The zero-order valence-corrected chi connectivity index (χ0v) is 31.0. The van der Waals surface area contributed by atoms with Crippen LogP contribution in [0.1, 0.15) is 73.6 Å². The number of nitrogens with zero attached hydrogens (tertiary/aromatic N) is 6. The minimum absolute atomic E-state index is 0.262. The molecule has 4 aromatic rings. The number of alkyl halides is 3. The molecule has 4 N–H and O–H groups in total. The number of phenols is 2. The lowest BCUT2D eigenvalue weighted by Crippen LogP contribution is -2.48. The van der Waals surface area contributed by atoms with Crippen LogP contribution in [-0.2, 0) is 6.18 Å². The monoisotopic (exact) mass is 730 g/mol. The SMILES string of the molecule is Cc1cc(C(F)(F)F)cc(O)c1-c1ccc(NC2CCC3CCC2N3C)nn1.Cc1cc(C)c(-c2ccc(NC3CCC4CCC3N4C)nn2)c(O)c1. The van der Waals surface area contributed by atoms with Gasteiger partial charge in [-0.25, -0.2) is 0 Å². The molecular formula is C40H49F3N8O2. The quantitative estimate of drug-likeness (QED) is 0.157. The number of nitrogens with one attached hydrogen (secondary N) is 2. The first-order valence-corrected chi connectivity index (χ1v) is 18.6. The topological polar surface area (TPSA) is 123 Å².